The fourth-order valence-corrected chi connectivity index (χ4v) is 2.54. The van der Waals surface area contributed by atoms with Crippen LogP contribution in [0.4, 0.5) is 0 Å². The van der Waals surface area contributed by atoms with Crippen LogP contribution in [0.2, 0.25) is 0 Å². The number of fused-ring (bicyclic) bond motifs is 1. The Bertz CT molecular complexity index is 678. The van der Waals surface area contributed by atoms with E-state index in [2.05, 4.69) is 15.1 Å². The molecule has 1 aliphatic heterocycles. The molecule has 21 heavy (non-hydrogen) atoms. The third kappa shape index (κ3) is 2.53. The summed E-state index contributed by atoms with van der Waals surface area (Å²) in [6.45, 7) is 7.02. The first-order valence-electron chi connectivity index (χ1n) is 7.21. The van der Waals surface area contributed by atoms with Crippen molar-refractivity contribution < 1.29 is 4.79 Å². The molecular weight excluding hydrogens is 266 g/mol. The van der Waals surface area contributed by atoms with Crippen molar-refractivity contribution in [2.75, 3.05) is 0 Å². The monoisotopic (exact) mass is 285 g/mol. The fourth-order valence-electron chi connectivity index (χ4n) is 2.54. The molecule has 3 rings (SSSR count). The van der Waals surface area contributed by atoms with E-state index in [0.717, 1.165) is 29.1 Å². The van der Waals surface area contributed by atoms with E-state index in [1.54, 1.807) is 10.9 Å². The summed E-state index contributed by atoms with van der Waals surface area (Å²) in [5.74, 6) is 0.896. The summed E-state index contributed by atoms with van der Waals surface area (Å²) < 4.78 is 1.71. The second-order valence-electron chi connectivity index (χ2n) is 5.48. The molecule has 6 nitrogen and oxygen atoms in total. The summed E-state index contributed by atoms with van der Waals surface area (Å²) in [7, 11) is 0. The molecule has 1 unspecified atom stereocenters. The molecule has 2 aromatic heterocycles. The molecule has 0 bridgehead atoms. The Labute approximate surface area is 123 Å². The Kier molecular flexibility index (Phi) is 3.45. The summed E-state index contributed by atoms with van der Waals surface area (Å²) in [6.07, 6.45) is 6.31. The van der Waals surface area contributed by atoms with E-state index in [1.165, 1.54) is 0 Å². The van der Waals surface area contributed by atoms with Gasteiger partial charge in [0, 0.05) is 30.9 Å². The molecule has 0 spiro atoms. The van der Waals surface area contributed by atoms with Crippen molar-refractivity contribution in [3.8, 4) is 0 Å². The number of hydrogen-bond donors (Lipinski definition) is 0. The van der Waals surface area contributed by atoms with Crippen LogP contribution >= 0.6 is 0 Å². The van der Waals surface area contributed by atoms with Crippen LogP contribution in [0.15, 0.2) is 18.6 Å². The maximum absolute atomic E-state index is 12.6. The van der Waals surface area contributed by atoms with Gasteiger partial charge < -0.3 is 4.90 Å². The van der Waals surface area contributed by atoms with Gasteiger partial charge in [-0.25, -0.2) is 9.97 Å². The Morgan fingerprint density at radius 1 is 1.38 bits per heavy atom. The Balaban J connectivity index is 1.76. The number of aromatic nitrogens is 4. The molecule has 0 saturated heterocycles. The van der Waals surface area contributed by atoms with E-state index >= 15 is 0 Å². The fraction of sp³-hybridized carbons (Fsp3) is 0.467. The first kappa shape index (κ1) is 13.7. The van der Waals surface area contributed by atoms with Gasteiger partial charge in [-0.05, 0) is 19.4 Å². The minimum absolute atomic E-state index is 0.0640. The van der Waals surface area contributed by atoms with Crippen LogP contribution in [0.5, 0.6) is 0 Å². The van der Waals surface area contributed by atoms with Crippen molar-refractivity contribution in [1.82, 2.24) is 24.6 Å². The van der Waals surface area contributed by atoms with Crippen LogP contribution in [0, 0.1) is 6.92 Å². The van der Waals surface area contributed by atoms with Crippen LogP contribution in [0.25, 0.3) is 0 Å². The maximum Gasteiger partial charge on any atom is 0.247 e. The van der Waals surface area contributed by atoms with Gasteiger partial charge >= 0.3 is 0 Å². The Morgan fingerprint density at radius 3 is 2.86 bits per heavy atom. The third-order valence-electron chi connectivity index (χ3n) is 3.82. The van der Waals surface area contributed by atoms with Gasteiger partial charge in [-0.1, -0.05) is 6.92 Å². The van der Waals surface area contributed by atoms with Gasteiger partial charge in [0.25, 0.3) is 0 Å². The molecule has 1 atom stereocenters. The van der Waals surface area contributed by atoms with E-state index in [-0.39, 0.29) is 11.9 Å². The summed E-state index contributed by atoms with van der Waals surface area (Å²) in [5, 5.41) is 4.23. The van der Waals surface area contributed by atoms with E-state index in [4.69, 9.17) is 0 Å². The van der Waals surface area contributed by atoms with Crippen LogP contribution in [0.1, 0.15) is 42.5 Å². The van der Waals surface area contributed by atoms with Gasteiger partial charge in [0.1, 0.15) is 11.9 Å². The highest BCUT2D eigenvalue weighted by Gasteiger charge is 2.29. The minimum Gasteiger partial charge on any atom is -0.330 e. The molecular formula is C15H19N5O. The molecule has 0 N–H and O–H groups in total. The number of aryl methyl sites for hydroxylation is 2. The van der Waals surface area contributed by atoms with Crippen LogP contribution < -0.4 is 0 Å². The van der Waals surface area contributed by atoms with Crippen LogP contribution in [0.3, 0.4) is 0 Å². The smallest absolute Gasteiger partial charge is 0.247 e. The van der Waals surface area contributed by atoms with Gasteiger partial charge in [-0.3, -0.25) is 9.48 Å². The molecule has 3 heterocycles. The quantitative estimate of drug-likeness (QED) is 0.860. The Morgan fingerprint density at radius 2 is 2.19 bits per heavy atom. The number of amides is 1. The molecule has 1 amide bonds. The van der Waals surface area contributed by atoms with Crippen molar-refractivity contribution in [2.45, 2.75) is 46.3 Å². The summed E-state index contributed by atoms with van der Waals surface area (Å²) in [5.41, 5.74) is 3.07. The van der Waals surface area contributed by atoms with Crippen LogP contribution in [-0.4, -0.2) is 30.6 Å². The molecule has 1 aliphatic rings. The zero-order valence-corrected chi connectivity index (χ0v) is 12.6. The zero-order chi connectivity index (χ0) is 15.0. The number of carbonyl (C=O) groups is 1. The lowest BCUT2D eigenvalue weighted by molar-refractivity contribution is -0.135. The largest absolute Gasteiger partial charge is 0.330 e. The lowest BCUT2D eigenvalue weighted by Gasteiger charge is -2.20. The molecule has 0 radical (unpaired) electrons. The highest BCUT2D eigenvalue weighted by Crippen LogP contribution is 2.23. The molecule has 0 saturated carbocycles. The lowest BCUT2D eigenvalue weighted by atomic mass is 10.2. The average molecular weight is 285 g/mol. The van der Waals surface area contributed by atoms with Crippen molar-refractivity contribution >= 4 is 5.91 Å². The molecule has 0 fully saturated rings. The zero-order valence-electron chi connectivity index (χ0n) is 12.6. The molecule has 0 aromatic carbocycles. The lowest BCUT2D eigenvalue weighted by Crippen LogP contribution is -2.32. The summed E-state index contributed by atoms with van der Waals surface area (Å²) in [6, 6.07) is -0.299. The van der Waals surface area contributed by atoms with Crippen LogP contribution in [-0.2, 0) is 24.3 Å². The van der Waals surface area contributed by atoms with Crippen molar-refractivity contribution in [2.24, 2.45) is 0 Å². The van der Waals surface area contributed by atoms with Crippen molar-refractivity contribution in [1.29, 1.82) is 0 Å². The normalized spacial score (nSPS) is 15.1. The van der Waals surface area contributed by atoms with Gasteiger partial charge in [0.15, 0.2) is 0 Å². The van der Waals surface area contributed by atoms with E-state index in [0.29, 0.717) is 13.1 Å². The van der Waals surface area contributed by atoms with Gasteiger partial charge in [-0.2, -0.15) is 5.10 Å². The summed E-state index contributed by atoms with van der Waals surface area (Å²) >= 11 is 0. The van der Waals surface area contributed by atoms with Gasteiger partial charge in [0.2, 0.25) is 5.91 Å². The minimum atomic E-state index is -0.299. The van der Waals surface area contributed by atoms with E-state index in [9.17, 15) is 4.79 Å². The number of carbonyl (C=O) groups excluding carboxylic acids is 1. The summed E-state index contributed by atoms with van der Waals surface area (Å²) in [4.78, 5) is 23.2. The first-order chi connectivity index (χ1) is 10.1. The topological polar surface area (TPSA) is 63.9 Å². The van der Waals surface area contributed by atoms with Gasteiger partial charge in [-0.15, -0.1) is 0 Å². The second-order valence-corrected chi connectivity index (χ2v) is 5.48. The van der Waals surface area contributed by atoms with E-state index in [1.807, 2.05) is 38.1 Å². The average Bonchev–Trinajstić information content (AvgIpc) is 3.10. The predicted octanol–water partition coefficient (Wildman–Crippen LogP) is 1.65. The van der Waals surface area contributed by atoms with Crippen molar-refractivity contribution in [3.05, 3.63) is 41.2 Å². The molecule has 6 heteroatoms. The second kappa shape index (κ2) is 5.27. The predicted molar refractivity (Wildman–Crippen MR) is 77.3 cm³/mol. The molecule has 2 aromatic rings. The standard InChI is InChI=1S/C15H19N5O/c1-4-14-16-6-12-8-19(9-13(12)18-14)15(21)11(3)20-7-10(2)5-17-20/h5-7,11H,4,8-9H2,1-3H3. The number of nitrogens with zero attached hydrogens (tertiary/aromatic N) is 5. The molecule has 0 aliphatic carbocycles. The highest BCUT2D eigenvalue weighted by atomic mass is 16.2. The maximum atomic E-state index is 12.6. The SMILES string of the molecule is CCc1ncc2c(n1)CN(C(=O)C(C)n1cc(C)cn1)C2. The van der Waals surface area contributed by atoms with E-state index < -0.39 is 0 Å². The molecule has 110 valence electrons. The van der Waals surface area contributed by atoms with Gasteiger partial charge in [0.05, 0.1) is 18.4 Å². The first-order valence-corrected chi connectivity index (χ1v) is 7.21. The highest BCUT2D eigenvalue weighted by molar-refractivity contribution is 5.80. The third-order valence-corrected chi connectivity index (χ3v) is 3.82. The number of rotatable bonds is 3. The Hall–Kier alpha value is -2.24. The number of hydrogen-bond acceptors (Lipinski definition) is 4. The van der Waals surface area contributed by atoms with Crippen molar-refractivity contribution in [3.63, 3.8) is 0 Å².